The van der Waals surface area contributed by atoms with E-state index < -0.39 is 28.8 Å². The van der Waals surface area contributed by atoms with Gasteiger partial charge in [-0.2, -0.15) is 0 Å². The average molecular weight is 450 g/mol. The van der Waals surface area contributed by atoms with Crippen LogP contribution in [0.2, 0.25) is 0 Å². The largest absolute Gasteiger partial charge is 0.465 e. The van der Waals surface area contributed by atoms with Crippen LogP contribution in [0.25, 0.3) is 11.0 Å². The van der Waals surface area contributed by atoms with Gasteiger partial charge in [0.15, 0.2) is 5.92 Å². The van der Waals surface area contributed by atoms with E-state index in [2.05, 4.69) is 13.8 Å². The van der Waals surface area contributed by atoms with Crippen LogP contribution in [0, 0.1) is 22.0 Å². The van der Waals surface area contributed by atoms with E-state index in [0.29, 0.717) is 35.9 Å². The molecule has 2 heterocycles. The van der Waals surface area contributed by atoms with Gasteiger partial charge in [0.1, 0.15) is 0 Å². The second-order valence-corrected chi connectivity index (χ2v) is 8.43. The summed E-state index contributed by atoms with van der Waals surface area (Å²) in [5.74, 6) is -1.73. The van der Waals surface area contributed by atoms with Crippen molar-refractivity contribution < 1.29 is 19.2 Å². The Morgan fingerprint density at radius 2 is 1.88 bits per heavy atom. The number of nitro benzene ring substituents is 1. The zero-order valence-corrected chi connectivity index (χ0v) is 18.8. The van der Waals surface area contributed by atoms with Crippen LogP contribution in [-0.4, -0.2) is 39.5 Å². The van der Waals surface area contributed by atoms with E-state index in [0.717, 1.165) is 0 Å². The fourth-order valence-corrected chi connectivity index (χ4v) is 4.33. The summed E-state index contributed by atoms with van der Waals surface area (Å²) in [7, 11) is 0. The first kappa shape index (κ1) is 22.4. The monoisotopic (exact) mass is 450 g/mol. The number of anilines is 1. The summed E-state index contributed by atoms with van der Waals surface area (Å²) >= 11 is 0. The number of rotatable bonds is 7. The molecule has 4 rings (SSSR count). The van der Waals surface area contributed by atoms with Crippen molar-refractivity contribution in [2.24, 2.45) is 11.8 Å². The molecule has 172 valence electrons. The van der Waals surface area contributed by atoms with E-state index in [1.54, 1.807) is 29.7 Å². The third-order valence-electron chi connectivity index (χ3n) is 5.87. The van der Waals surface area contributed by atoms with Gasteiger partial charge in [-0.25, -0.2) is 4.98 Å². The van der Waals surface area contributed by atoms with E-state index in [1.807, 2.05) is 24.3 Å². The van der Waals surface area contributed by atoms with Crippen LogP contribution in [0.1, 0.15) is 38.8 Å². The number of amides is 1. The lowest BCUT2D eigenvalue weighted by molar-refractivity contribution is -0.385. The Hall–Kier alpha value is -3.75. The molecule has 2 aromatic carbocycles. The van der Waals surface area contributed by atoms with E-state index in [4.69, 9.17) is 9.72 Å². The van der Waals surface area contributed by atoms with Gasteiger partial charge in [-0.05, 0) is 31.4 Å². The predicted octanol–water partition coefficient (Wildman–Crippen LogP) is 4.11. The summed E-state index contributed by atoms with van der Waals surface area (Å²) in [6.07, 6.45) is 0.709. The molecule has 9 nitrogen and oxygen atoms in total. The molecule has 0 saturated heterocycles. The Bertz CT molecular complexity index is 1220. The van der Waals surface area contributed by atoms with Gasteiger partial charge in [-0.15, -0.1) is 0 Å². The Morgan fingerprint density at radius 1 is 1.18 bits per heavy atom. The first-order valence-corrected chi connectivity index (χ1v) is 11.0. The van der Waals surface area contributed by atoms with E-state index in [9.17, 15) is 19.7 Å². The van der Waals surface area contributed by atoms with Crippen LogP contribution >= 0.6 is 0 Å². The third-order valence-corrected chi connectivity index (χ3v) is 5.87. The second kappa shape index (κ2) is 9.01. The number of aromatic nitrogens is 2. The van der Waals surface area contributed by atoms with Crippen molar-refractivity contribution in [1.29, 1.82) is 0 Å². The van der Waals surface area contributed by atoms with Crippen molar-refractivity contribution in [2.75, 3.05) is 18.1 Å². The van der Waals surface area contributed by atoms with Crippen LogP contribution in [0.3, 0.4) is 0 Å². The number of esters is 1. The molecule has 1 amide bonds. The number of ether oxygens (including phenoxy) is 1. The Morgan fingerprint density at radius 3 is 2.58 bits per heavy atom. The lowest BCUT2D eigenvalue weighted by Gasteiger charge is -2.37. The van der Waals surface area contributed by atoms with Crippen LogP contribution in [0.5, 0.6) is 0 Å². The van der Waals surface area contributed by atoms with Crippen LogP contribution in [0.4, 0.5) is 11.6 Å². The summed E-state index contributed by atoms with van der Waals surface area (Å²) in [5.41, 5.74) is 1.43. The highest BCUT2D eigenvalue weighted by molar-refractivity contribution is 6.08. The predicted molar refractivity (Wildman–Crippen MR) is 123 cm³/mol. The molecule has 1 aliphatic rings. The van der Waals surface area contributed by atoms with E-state index in [-0.39, 0.29) is 17.9 Å². The van der Waals surface area contributed by atoms with Gasteiger partial charge < -0.3 is 9.30 Å². The number of nitrogens with zero attached hydrogens (tertiary/aromatic N) is 4. The van der Waals surface area contributed by atoms with Gasteiger partial charge in [0.25, 0.3) is 5.69 Å². The normalized spacial score (nSPS) is 17.9. The molecule has 0 radical (unpaired) electrons. The Balaban J connectivity index is 2.02. The zero-order valence-electron chi connectivity index (χ0n) is 18.8. The number of imidazole rings is 1. The molecular weight excluding hydrogens is 424 g/mol. The lowest BCUT2D eigenvalue weighted by atomic mass is 9.88. The quantitative estimate of drug-likeness (QED) is 0.232. The van der Waals surface area contributed by atoms with E-state index in [1.165, 1.54) is 11.0 Å². The average Bonchev–Trinajstić information content (AvgIpc) is 3.16. The molecule has 3 aromatic rings. The topological polar surface area (TPSA) is 108 Å². The van der Waals surface area contributed by atoms with Crippen LogP contribution in [0.15, 0.2) is 48.5 Å². The molecule has 33 heavy (non-hydrogen) atoms. The van der Waals surface area contributed by atoms with Crippen molar-refractivity contribution in [2.45, 2.75) is 33.2 Å². The van der Waals surface area contributed by atoms with Gasteiger partial charge in [0.05, 0.1) is 34.2 Å². The number of hydrogen-bond acceptors (Lipinski definition) is 6. The maximum absolute atomic E-state index is 13.8. The molecule has 0 saturated carbocycles. The molecule has 1 aromatic heterocycles. The summed E-state index contributed by atoms with van der Waals surface area (Å²) in [5, 5.41) is 11.9. The van der Waals surface area contributed by atoms with Gasteiger partial charge in [0, 0.05) is 12.6 Å². The highest BCUT2D eigenvalue weighted by Gasteiger charge is 2.49. The van der Waals surface area contributed by atoms with Crippen LogP contribution < -0.4 is 4.90 Å². The maximum Gasteiger partial charge on any atom is 0.321 e. The van der Waals surface area contributed by atoms with Crippen LogP contribution in [-0.2, 0) is 14.3 Å². The number of carbonyl (C=O) groups excluding carboxylic acids is 2. The number of para-hydroxylation sites is 3. The van der Waals surface area contributed by atoms with Crippen molar-refractivity contribution >= 4 is 34.5 Å². The molecular formula is C24H26N4O5. The van der Waals surface area contributed by atoms with Crippen molar-refractivity contribution in [3.05, 3.63) is 64.2 Å². The summed E-state index contributed by atoms with van der Waals surface area (Å²) in [6.45, 7) is 6.24. The number of carbonyl (C=O) groups is 2. The molecule has 9 heteroatoms. The highest BCUT2D eigenvalue weighted by Crippen LogP contribution is 2.43. The Labute approximate surface area is 191 Å². The first-order chi connectivity index (χ1) is 15.8. The van der Waals surface area contributed by atoms with Gasteiger partial charge in [0.2, 0.25) is 11.9 Å². The standard InChI is InChI=1S/C24H26N4O5/c1-4-33-23(30)20-21(16-9-5-7-11-18(16)28(31)32)27-19-12-8-6-10-17(19)25-24(27)26(22(20)29)14-13-15(2)3/h5-12,15,20-21H,4,13-14H2,1-3H3/t20-,21-/m0/s1. The smallest absolute Gasteiger partial charge is 0.321 e. The fraction of sp³-hybridized carbons (Fsp3) is 0.375. The molecule has 2 atom stereocenters. The minimum Gasteiger partial charge on any atom is -0.465 e. The van der Waals surface area contributed by atoms with Gasteiger partial charge >= 0.3 is 5.97 Å². The Kier molecular flexibility index (Phi) is 6.13. The number of hydrogen-bond donors (Lipinski definition) is 0. The third kappa shape index (κ3) is 3.94. The zero-order chi connectivity index (χ0) is 23.7. The molecule has 0 fully saturated rings. The highest BCUT2D eigenvalue weighted by atomic mass is 16.6. The summed E-state index contributed by atoms with van der Waals surface area (Å²) < 4.78 is 7.07. The SMILES string of the molecule is CCOC(=O)[C@@H]1C(=O)N(CCC(C)C)c2nc3ccccc3n2[C@H]1c1ccccc1[N+](=O)[O-]. The molecule has 0 spiro atoms. The summed E-state index contributed by atoms with van der Waals surface area (Å²) in [4.78, 5) is 44.5. The number of nitro groups is 1. The summed E-state index contributed by atoms with van der Waals surface area (Å²) in [6, 6.07) is 12.6. The molecule has 0 unspecified atom stereocenters. The fourth-order valence-electron chi connectivity index (χ4n) is 4.33. The lowest BCUT2D eigenvalue weighted by Crippen LogP contribution is -2.50. The second-order valence-electron chi connectivity index (χ2n) is 8.43. The number of benzene rings is 2. The van der Waals surface area contributed by atoms with Crippen molar-refractivity contribution in [3.8, 4) is 0 Å². The van der Waals surface area contributed by atoms with Gasteiger partial charge in [-0.1, -0.05) is 44.2 Å². The van der Waals surface area contributed by atoms with E-state index >= 15 is 0 Å². The molecule has 0 N–H and O–H groups in total. The molecule has 0 aliphatic carbocycles. The van der Waals surface area contributed by atoms with Crippen molar-refractivity contribution in [3.63, 3.8) is 0 Å². The minimum atomic E-state index is -1.27. The van der Waals surface area contributed by atoms with Crippen molar-refractivity contribution in [1.82, 2.24) is 9.55 Å². The number of fused-ring (bicyclic) bond motifs is 3. The van der Waals surface area contributed by atoms with Gasteiger partial charge in [-0.3, -0.25) is 24.6 Å². The first-order valence-electron chi connectivity index (χ1n) is 11.0. The minimum absolute atomic E-state index is 0.0930. The maximum atomic E-state index is 13.8. The molecule has 1 aliphatic heterocycles. The molecule has 0 bridgehead atoms.